The molecule has 0 aromatic heterocycles. The SMILES string of the molecule is CCC(c1ccc2c(c1)C(C)(C)c1cc3c(cc1-2)C(C)(C)c1ccc2ccccc2c1-3)c1cccc2ccccc12. The van der Waals surface area contributed by atoms with Crippen LogP contribution in [0.15, 0.2) is 109 Å². The molecule has 8 rings (SSSR count). The van der Waals surface area contributed by atoms with Crippen molar-refractivity contribution in [3.8, 4) is 22.3 Å². The Bertz CT molecular complexity index is 2030. The molecule has 0 heteroatoms. The highest BCUT2D eigenvalue weighted by Crippen LogP contribution is 2.57. The van der Waals surface area contributed by atoms with Crippen LogP contribution in [0.2, 0.25) is 0 Å². The van der Waals surface area contributed by atoms with Gasteiger partial charge in [-0.1, -0.05) is 132 Å². The van der Waals surface area contributed by atoms with Gasteiger partial charge in [-0.05, 0) is 95.7 Å². The molecule has 0 heterocycles. The van der Waals surface area contributed by atoms with Gasteiger partial charge in [0, 0.05) is 16.7 Å². The zero-order valence-corrected chi connectivity index (χ0v) is 24.7. The van der Waals surface area contributed by atoms with Crippen molar-refractivity contribution in [2.45, 2.75) is 57.8 Å². The highest BCUT2D eigenvalue weighted by atomic mass is 14.4. The Morgan fingerprint density at radius 3 is 1.90 bits per heavy atom. The summed E-state index contributed by atoms with van der Waals surface area (Å²) < 4.78 is 0. The maximum atomic E-state index is 2.55. The second kappa shape index (κ2) is 8.43. The van der Waals surface area contributed by atoms with E-state index in [0.29, 0.717) is 5.92 Å². The van der Waals surface area contributed by atoms with E-state index in [9.17, 15) is 0 Å². The Morgan fingerprint density at radius 2 is 1.12 bits per heavy atom. The van der Waals surface area contributed by atoms with E-state index in [1.165, 1.54) is 77.2 Å². The van der Waals surface area contributed by atoms with E-state index in [1.54, 1.807) is 0 Å². The quantitative estimate of drug-likeness (QED) is 0.214. The van der Waals surface area contributed by atoms with Crippen molar-refractivity contribution in [1.29, 1.82) is 0 Å². The molecule has 0 saturated heterocycles. The lowest BCUT2D eigenvalue weighted by Gasteiger charge is -2.25. The van der Waals surface area contributed by atoms with Crippen LogP contribution in [-0.4, -0.2) is 0 Å². The van der Waals surface area contributed by atoms with Crippen LogP contribution in [-0.2, 0) is 10.8 Å². The van der Waals surface area contributed by atoms with Crippen molar-refractivity contribution in [3.05, 3.63) is 143 Å². The van der Waals surface area contributed by atoms with Crippen molar-refractivity contribution in [3.63, 3.8) is 0 Å². The fraction of sp³-hybridized carbons (Fsp3) is 0.220. The lowest BCUT2D eigenvalue weighted by Crippen LogP contribution is -2.17. The molecule has 0 amide bonds. The molecule has 2 aliphatic rings. The zero-order valence-electron chi connectivity index (χ0n) is 24.7. The van der Waals surface area contributed by atoms with Crippen molar-refractivity contribution in [1.82, 2.24) is 0 Å². The second-order valence-corrected chi connectivity index (χ2v) is 13.2. The van der Waals surface area contributed by atoms with E-state index in [0.717, 1.165) is 6.42 Å². The Hall–Kier alpha value is -4.16. The third kappa shape index (κ3) is 3.28. The molecule has 0 aliphatic heterocycles. The third-order valence-electron chi connectivity index (χ3n) is 10.4. The summed E-state index contributed by atoms with van der Waals surface area (Å²) in [5.74, 6) is 0.369. The van der Waals surface area contributed by atoms with E-state index in [1.807, 2.05) is 0 Å². The predicted molar refractivity (Wildman–Crippen MR) is 175 cm³/mol. The molecule has 0 nitrogen and oxygen atoms in total. The topological polar surface area (TPSA) is 0 Å². The second-order valence-electron chi connectivity index (χ2n) is 13.2. The van der Waals surface area contributed by atoms with Gasteiger partial charge in [0.05, 0.1) is 0 Å². The van der Waals surface area contributed by atoms with Gasteiger partial charge in [0.25, 0.3) is 0 Å². The summed E-state index contributed by atoms with van der Waals surface area (Å²) in [4.78, 5) is 0. The van der Waals surface area contributed by atoms with E-state index < -0.39 is 0 Å². The fourth-order valence-electron chi connectivity index (χ4n) is 8.16. The molecule has 0 radical (unpaired) electrons. The molecular formula is C41H36. The highest BCUT2D eigenvalue weighted by molar-refractivity contribution is 6.03. The van der Waals surface area contributed by atoms with Gasteiger partial charge in [-0.15, -0.1) is 0 Å². The normalized spacial score (nSPS) is 16.3. The van der Waals surface area contributed by atoms with Gasteiger partial charge in [0.15, 0.2) is 0 Å². The van der Waals surface area contributed by atoms with Gasteiger partial charge in [-0.3, -0.25) is 0 Å². The minimum absolute atomic E-state index is 0.0295. The van der Waals surface area contributed by atoms with Crippen molar-refractivity contribution >= 4 is 21.5 Å². The summed E-state index contributed by atoms with van der Waals surface area (Å²) in [6, 6.07) is 41.6. The van der Waals surface area contributed by atoms with Crippen LogP contribution in [0.5, 0.6) is 0 Å². The Labute approximate surface area is 243 Å². The molecule has 2 aliphatic carbocycles. The molecule has 0 fully saturated rings. The summed E-state index contributed by atoms with van der Waals surface area (Å²) in [5, 5.41) is 5.38. The zero-order chi connectivity index (χ0) is 28.1. The minimum atomic E-state index is -0.0652. The summed E-state index contributed by atoms with van der Waals surface area (Å²) in [5.41, 5.74) is 14.3. The Kier molecular flexibility index (Phi) is 5.06. The molecule has 200 valence electrons. The number of benzene rings is 6. The molecule has 0 N–H and O–H groups in total. The average Bonchev–Trinajstić information content (AvgIpc) is 3.36. The number of hydrogen-bond acceptors (Lipinski definition) is 0. The van der Waals surface area contributed by atoms with Crippen LogP contribution in [0.25, 0.3) is 43.8 Å². The Morgan fingerprint density at radius 1 is 0.512 bits per heavy atom. The van der Waals surface area contributed by atoms with Gasteiger partial charge in [0.1, 0.15) is 0 Å². The molecule has 6 aromatic carbocycles. The molecule has 0 bridgehead atoms. The standard InChI is InChI=1S/C41H36/c1-6-28(31-17-11-14-25-12-7-9-15-29(25)31)27-18-20-32-33-23-38-34(24-37(33)41(4,5)36(32)22-27)39-30-16-10-8-13-26(30)19-21-35(39)40(38,2)3/h7-24,28H,6H2,1-5H3. The number of fused-ring (bicyclic) bond motifs is 9. The Balaban J connectivity index is 1.30. The minimum Gasteiger partial charge on any atom is -0.0645 e. The van der Waals surface area contributed by atoms with Crippen LogP contribution in [0, 0.1) is 0 Å². The molecule has 6 aromatic rings. The van der Waals surface area contributed by atoms with E-state index in [2.05, 4.69) is 144 Å². The van der Waals surface area contributed by atoms with Crippen LogP contribution in [0.4, 0.5) is 0 Å². The summed E-state index contributed by atoms with van der Waals surface area (Å²) in [6.07, 6.45) is 1.08. The highest BCUT2D eigenvalue weighted by Gasteiger charge is 2.42. The maximum absolute atomic E-state index is 2.55. The smallest absolute Gasteiger partial charge is 0.0159 e. The van der Waals surface area contributed by atoms with Crippen molar-refractivity contribution < 1.29 is 0 Å². The largest absolute Gasteiger partial charge is 0.0645 e. The van der Waals surface area contributed by atoms with Gasteiger partial charge in [0.2, 0.25) is 0 Å². The van der Waals surface area contributed by atoms with Gasteiger partial charge < -0.3 is 0 Å². The fourth-order valence-corrected chi connectivity index (χ4v) is 8.16. The number of rotatable bonds is 3. The van der Waals surface area contributed by atoms with Crippen LogP contribution in [0.3, 0.4) is 0 Å². The van der Waals surface area contributed by atoms with Crippen LogP contribution in [0.1, 0.15) is 80.3 Å². The van der Waals surface area contributed by atoms with Crippen molar-refractivity contribution in [2.75, 3.05) is 0 Å². The van der Waals surface area contributed by atoms with Crippen LogP contribution < -0.4 is 0 Å². The molecule has 0 saturated carbocycles. The summed E-state index contributed by atoms with van der Waals surface area (Å²) >= 11 is 0. The first-order valence-corrected chi connectivity index (χ1v) is 15.1. The van der Waals surface area contributed by atoms with Crippen LogP contribution >= 0.6 is 0 Å². The molecule has 1 unspecified atom stereocenters. The first-order valence-electron chi connectivity index (χ1n) is 15.1. The van der Waals surface area contributed by atoms with Gasteiger partial charge >= 0.3 is 0 Å². The number of hydrogen-bond donors (Lipinski definition) is 0. The first kappa shape index (κ1) is 24.6. The maximum Gasteiger partial charge on any atom is 0.0159 e. The summed E-state index contributed by atoms with van der Waals surface area (Å²) in [7, 11) is 0. The molecular weight excluding hydrogens is 492 g/mol. The van der Waals surface area contributed by atoms with Gasteiger partial charge in [-0.2, -0.15) is 0 Å². The van der Waals surface area contributed by atoms with E-state index in [-0.39, 0.29) is 10.8 Å². The lowest BCUT2D eigenvalue weighted by molar-refractivity contribution is 0.650. The van der Waals surface area contributed by atoms with E-state index >= 15 is 0 Å². The summed E-state index contributed by atoms with van der Waals surface area (Å²) in [6.45, 7) is 12.0. The van der Waals surface area contributed by atoms with Crippen molar-refractivity contribution in [2.24, 2.45) is 0 Å². The lowest BCUT2D eigenvalue weighted by atomic mass is 9.78. The third-order valence-corrected chi connectivity index (χ3v) is 10.4. The van der Waals surface area contributed by atoms with Gasteiger partial charge in [-0.25, -0.2) is 0 Å². The monoisotopic (exact) mass is 528 g/mol. The molecule has 1 atom stereocenters. The van der Waals surface area contributed by atoms with E-state index in [4.69, 9.17) is 0 Å². The first-order chi connectivity index (χ1) is 19.8. The molecule has 41 heavy (non-hydrogen) atoms. The predicted octanol–water partition coefficient (Wildman–Crippen LogP) is 11.1. The average molecular weight is 529 g/mol. The molecule has 0 spiro atoms.